The Morgan fingerprint density at radius 2 is 1.77 bits per heavy atom. The summed E-state index contributed by atoms with van der Waals surface area (Å²) in [5.74, 6) is -0.0777. The lowest BCUT2D eigenvalue weighted by Gasteiger charge is -2.20. The fraction of sp³-hybridized carbons (Fsp3) is 0.0870. The zero-order valence-corrected chi connectivity index (χ0v) is 17.6. The summed E-state index contributed by atoms with van der Waals surface area (Å²) in [6.07, 6.45) is 1.71. The average Bonchev–Trinajstić information content (AvgIpc) is 3.27. The summed E-state index contributed by atoms with van der Waals surface area (Å²) in [6, 6.07) is 21.6. The van der Waals surface area contributed by atoms with Crippen LogP contribution in [-0.4, -0.2) is 21.6 Å². The van der Waals surface area contributed by atoms with Crippen molar-refractivity contribution in [2.75, 3.05) is 10.7 Å². The maximum Gasteiger partial charge on any atom is 0.239 e. The minimum atomic E-state index is -0.290. The van der Waals surface area contributed by atoms with Gasteiger partial charge in [-0.1, -0.05) is 48.2 Å². The number of carbonyl (C=O) groups is 1. The van der Waals surface area contributed by atoms with Crippen LogP contribution in [0.15, 0.2) is 89.4 Å². The highest BCUT2D eigenvalue weighted by Crippen LogP contribution is 2.29. The Morgan fingerprint density at radius 1 is 1.00 bits per heavy atom. The van der Waals surface area contributed by atoms with Gasteiger partial charge in [-0.25, -0.2) is 14.4 Å². The van der Waals surface area contributed by atoms with Gasteiger partial charge in [0.2, 0.25) is 5.91 Å². The van der Waals surface area contributed by atoms with Gasteiger partial charge < -0.3 is 0 Å². The molecule has 0 aliphatic carbocycles. The lowest BCUT2D eigenvalue weighted by atomic mass is 10.2. The molecule has 1 amide bonds. The molecular formula is C23H18FN3OS2. The molecule has 30 heavy (non-hydrogen) atoms. The summed E-state index contributed by atoms with van der Waals surface area (Å²) in [7, 11) is 0. The van der Waals surface area contributed by atoms with Crippen LogP contribution in [0.4, 0.5) is 9.52 Å². The number of amides is 1. The number of nitrogens with zero attached hydrogens (tertiary/aromatic N) is 3. The zero-order valence-electron chi connectivity index (χ0n) is 15.9. The van der Waals surface area contributed by atoms with Crippen molar-refractivity contribution >= 4 is 34.1 Å². The van der Waals surface area contributed by atoms with E-state index in [4.69, 9.17) is 0 Å². The van der Waals surface area contributed by atoms with Crippen LogP contribution >= 0.6 is 23.1 Å². The SMILES string of the molecule is O=C(CSc1ccccn1)N(Cc1ccccc1)c1nc(-c2ccc(F)cc2)cs1. The Labute approximate surface area is 182 Å². The smallest absolute Gasteiger partial charge is 0.239 e. The van der Waals surface area contributed by atoms with Crippen LogP contribution in [0.25, 0.3) is 11.3 Å². The van der Waals surface area contributed by atoms with E-state index >= 15 is 0 Å². The highest BCUT2D eigenvalue weighted by Gasteiger charge is 2.20. The molecule has 2 aromatic heterocycles. The van der Waals surface area contributed by atoms with Crippen molar-refractivity contribution in [1.29, 1.82) is 0 Å². The highest BCUT2D eigenvalue weighted by atomic mass is 32.2. The summed E-state index contributed by atoms with van der Waals surface area (Å²) in [5, 5.41) is 3.31. The molecule has 0 fully saturated rings. The molecule has 0 aliphatic heterocycles. The molecule has 0 spiro atoms. The van der Waals surface area contributed by atoms with Gasteiger partial charge in [-0.15, -0.1) is 11.3 Å². The quantitative estimate of drug-likeness (QED) is 0.351. The van der Waals surface area contributed by atoms with Crippen LogP contribution < -0.4 is 4.90 Å². The van der Waals surface area contributed by atoms with Gasteiger partial charge in [0.15, 0.2) is 5.13 Å². The molecule has 0 bridgehead atoms. The average molecular weight is 436 g/mol. The number of rotatable bonds is 7. The lowest BCUT2D eigenvalue weighted by Crippen LogP contribution is -2.31. The van der Waals surface area contributed by atoms with E-state index in [-0.39, 0.29) is 17.5 Å². The monoisotopic (exact) mass is 435 g/mol. The number of thiazole rings is 1. The Morgan fingerprint density at radius 3 is 2.50 bits per heavy atom. The second-order valence-corrected chi connectivity index (χ2v) is 8.28. The van der Waals surface area contributed by atoms with Crippen LogP contribution in [-0.2, 0) is 11.3 Å². The third-order valence-electron chi connectivity index (χ3n) is 4.33. The molecule has 2 aromatic carbocycles. The topological polar surface area (TPSA) is 46.1 Å². The first-order valence-corrected chi connectivity index (χ1v) is 11.1. The van der Waals surface area contributed by atoms with Gasteiger partial charge >= 0.3 is 0 Å². The summed E-state index contributed by atoms with van der Waals surface area (Å²) in [5.41, 5.74) is 2.55. The molecule has 0 aliphatic rings. The van der Waals surface area contributed by atoms with Gasteiger partial charge in [0.25, 0.3) is 0 Å². The molecule has 0 N–H and O–H groups in total. The van der Waals surface area contributed by atoms with Crippen LogP contribution in [0.2, 0.25) is 0 Å². The first kappa shape index (κ1) is 20.3. The van der Waals surface area contributed by atoms with Crippen molar-refractivity contribution in [3.8, 4) is 11.3 Å². The number of anilines is 1. The summed E-state index contributed by atoms with van der Waals surface area (Å²) < 4.78 is 13.2. The van der Waals surface area contributed by atoms with E-state index in [9.17, 15) is 9.18 Å². The van der Waals surface area contributed by atoms with Gasteiger partial charge in [-0.05, 0) is 42.0 Å². The van der Waals surface area contributed by atoms with Gasteiger partial charge in [0.05, 0.1) is 23.0 Å². The molecule has 0 saturated carbocycles. The fourth-order valence-corrected chi connectivity index (χ4v) is 4.40. The van der Waals surface area contributed by atoms with Crippen LogP contribution in [0, 0.1) is 5.82 Å². The molecule has 4 aromatic rings. The molecule has 0 radical (unpaired) electrons. The molecule has 2 heterocycles. The van der Waals surface area contributed by atoms with Crippen molar-refractivity contribution < 1.29 is 9.18 Å². The number of thioether (sulfide) groups is 1. The standard InChI is InChI=1S/C23H18FN3OS2/c24-19-11-9-18(10-12-19)20-15-30-23(26-20)27(14-17-6-2-1-3-7-17)22(28)16-29-21-8-4-5-13-25-21/h1-13,15H,14,16H2. The van der Waals surface area contributed by atoms with E-state index in [2.05, 4.69) is 9.97 Å². The van der Waals surface area contributed by atoms with Crippen LogP contribution in [0.1, 0.15) is 5.56 Å². The van der Waals surface area contributed by atoms with E-state index in [1.807, 2.05) is 53.9 Å². The molecular weight excluding hydrogens is 417 g/mol. The van der Waals surface area contributed by atoms with Crippen molar-refractivity contribution in [3.63, 3.8) is 0 Å². The minimum Gasteiger partial charge on any atom is -0.283 e. The van der Waals surface area contributed by atoms with Crippen LogP contribution in [0.5, 0.6) is 0 Å². The predicted octanol–water partition coefficient (Wildman–Crippen LogP) is 5.67. The first-order valence-electron chi connectivity index (χ1n) is 9.28. The summed E-state index contributed by atoms with van der Waals surface area (Å²) in [6.45, 7) is 0.429. The zero-order chi connectivity index (χ0) is 20.8. The van der Waals surface area contributed by atoms with Gasteiger partial charge in [-0.3, -0.25) is 9.69 Å². The maximum atomic E-state index is 13.2. The third-order valence-corrected chi connectivity index (χ3v) is 6.12. The molecule has 4 rings (SSSR count). The largest absolute Gasteiger partial charge is 0.283 e. The van der Waals surface area contributed by atoms with Gasteiger partial charge in [0.1, 0.15) is 5.82 Å². The van der Waals surface area contributed by atoms with E-state index in [1.54, 1.807) is 23.2 Å². The van der Waals surface area contributed by atoms with Gasteiger partial charge in [-0.2, -0.15) is 0 Å². The fourth-order valence-electron chi connectivity index (χ4n) is 2.82. The van der Waals surface area contributed by atoms with E-state index in [0.717, 1.165) is 21.8 Å². The van der Waals surface area contributed by atoms with Crippen LogP contribution in [0.3, 0.4) is 0 Å². The second-order valence-electron chi connectivity index (χ2n) is 6.44. The normalized spacial score (nSPS) is 10.7. The number of pyridine rings is 1. The number of halogens is 1. The van der Waals surface area contributed by atoms with Crippen molar-refractivity contribution in [2.24, 2.45) is 0 Å². The van der Waals surface area contributed by atoms with Crippen molar-refractivity contribution in [1.82, 2.24) is 9.97 Å². The molecule has 4 nitrogen and oxygen atoms in total. The van der Waals surface area contributed by atoms with Crippen molar-refractivity contribution in [3.05, 3.63) is 95.8 Å². The maximum absolute atomic E-state index is 13.2. The Bertz CT molecular complexity index is 1100. The van der Waals surface area contributed by atoms with E-state index in [1.165, 1.54) is 35.2 Å². The minimum absolute atomic E-state index is 0.0467. The molecule has 0 atom stereocenters. The molecule has 0 unspecified atom stereocenters. The Kier molecular flexibility index (Phi) is 6.51. The lowest BCUT2D eigenvalue weighted by molar-refractivity contribution is -0.116. The second kappa shape index (κ2) is 9.65. The number of hydrogen-bond acceptors (Lipinski definition) is 5. The molecule has 0 saturated heterocycles. The Hall–Kier alpha value is -3.03. The third kappa shape index (κ3) is 5.11. The highest BCUT2D eigenvalue weighted by molar-refractivity contribution is 7.99. The Balaban J connectivity index is 1.57. The van der Waals surface area contributed by atoms with Crippen molar-refractivity contribution in [2.45, 2.75) is 11.6 Å². The molecule has 7 heteroatoms. The summed E-state index contributed by atoms with van der Waals surface area (Å²) in [4.78, 5) is 23.7. The van der Waals surface area contributed by atoms with E-state index < -0.39 is 0 Å². The number of benzene rings is 2. The number of aromatic nitrogens is 2. The predicted molar refractivity (Wildman–Crippen MR) is 120 cm³/mol. The number of hydrogen-bond donors (Lipinski definition) is 0. The van der Waals surface area contributed by atoms with E-state index in [0.29, 0.717) is 11.7 Å². The summed E-state index contributed by atoms with van der Waals surface area (Å²) >= 11 is 2.80. The first-order chi connectivity index (χ1) is 14.7. The number of carbonyl (C=O) groups excluding carboxylic acids is 1. The van der Waals surface area contributed by atoms with Gasteiger partial charge in [0, 0.05) is 17.1 Å². The molecule has 150 valence electrons.